The van der Waals surface area contributed by atoms with Gasteiger partial charge in [-0.05, 0) is 73.4 Å². The van der Waals surface area contributed by atoms with Gasteiger partial charge in [-0.25, -0.2) is 5.43 Å². The molecule has 0 aromatic heterocycles. The third kappa shape index (κ3) is 6.83. The van der Waals surface area contributed by atoms with Gasteiger partial charge < -0.3 is 14.8 Å². The number of carbonyl (C=O) groups is 2. The zero-order valence-electron chi connectivity index (χ0n) is 19.2. The first kappa shape index (κ1) is 24.8. The Morgan fingerprint density at radius 1 is 0.941 bits per heavy atom. The second-order valence-corrected chi connectivity index (χ2v) is 7.91. The fourth-order valence-electron chi connectivity index (χ4n) is 3.18. The van der Waals surface area contributed by atoms with Gasteiger partial charge in [-0.3, -0.25) is 9.59 Å². The summed E-state index contributed by atoms with van der Waals surface area (Å²) in [5.74, 6) is -0.566. The summed E-state index contributed by atoms with van der Waals surface area (Å²) in [5, 5.41) is 7.15. The molecule has 0 aliphatic carbocycles. The molecule has 0 fully saturated rings. The van der Waals surface area contributed by atoms with Crippen molar-refractivity contribution in [1.82, 2.24) is 5.43 Å². The topological polar surface area (TPSA) is 89.0 Å². The Kier molecular flexibility index (Phi) is 8.65. The first-order valence-corrected chi connectivity index (χ1v) is 11.1. The molecule has 0 aliphatic heterocycles. The largest absolute Gasteiger partial charge is 0.490 e. The van der Waals surface area contributed by atoms with Crippen LogP contribution in [-0.2, 0) is 16.2 Å². The van der Waals surface area contributed by atoms with Crippen LogP contribution < -0.4 is 20.2 Å². The van der Waals surface area contributed by atoms with Crippen LogP contribution in [0.1, 0.15) is 29.2 Å². The van der Waals surface area contributed by atoms with Crippen LogP contribution in [0.25, 0.3) is 0 Å². The number of ether oxygens (including phenoxy) is 2. The number of nitrogens with zero attached hydrogens (tertiary/aromatic N) is 1. The van der Waals surface area contributed by atoms with Crippen LogP contribution in [0.15, 0.2) is 65.8 Å². The minimum Gasteiger partial charge on any atom is -0.490 e. The van der Waals surface area contributed by atoms with Gasteiger partial charge in [0.2, 0.25) is 0 Å². The van der Waals surface area contributed by atoms with Gasteiger partial charge in [0.15, 0.2) is 11.5 Å². The van der Waals surface area contributed by atoms with E-state index < -0.39 is 11.8 Å². The number of benzene rings is 3. The number of halogens is 1. The molecule has 2 amide bonds. The summed E-state index contributed by atoms with van der Waals surface area (Å²) in [6.07, 6.45) is 1.42. The molecule has 0 unspecified atom stereocenters. The van der Waals surface area contributed by atoms with E-state index in [0.29, 0.717) is 41.0 Å². The number of hydrogen-bond acceptors (Lipinski definition) is 5. The van der Waals surface area contributed by atoms with Crippen molar-refractivity contribution in [2.24, 2.45) is 5.10 Å². The van der Waals surface area contributed by atoms with E-state index in [4.69, 9.17) is 21.1 Å². The second-order valence-electron chi connectivity index (χ2n) is 7.48. The zero-order valence-corrected chi connectivity index (χ0v) is 20.0. The van der Waals surface area contributed by atoms with Crippen LogP contribution >= 0.6 is 11.6 Å². The summed E-state index contributed by atoms with van der Waals surface area (Å²) in [4.78, 5) is 24.3. The molecule has 2 N–H and O–H groups in total. The van der Waals surface area contributed by atoms with E-state index in [-0.39, 0.29) is 0 Å². The van der Waals surface area contributed by atoms with Crippen molar-refractivity contribution in [3.8, 4) is 11.5 Å². The highest BCUT2D eigenvalue weighted by Crippen LogP contribution is 2.29. The van der Waals surface area contributed by atoms with Gasteiger partial charge in [-0.15, -0.1) is 0 Å². The summed E-state index contributed by atoms with van der Waals surface area (Å²) in [5.41, 5.74) is 6.18. The number of rotatable bonds is 8. The van der Waals surface area contributed by atoms with E-state index in [9.17, 15) is 9.59 Å². The van der Waals surface area contributed by atoms with Crippen LogP contribution in [-0.4, -0.2) is 24.6 Å². The molecule has 34 heavy (non-hydrogen) atoms. The SMILES string of the molecule is CCOc1cc(/C=N/NC(=O)C(=O)Nc2c(C)cccc2C)ccc1OCc1cccc(Cl)c1. The highest BCUT2D eigenvalue weighted by molar-refractivity contribution is 6.39. The maximum absolute atomic E-state index is 12.2. The molecule has 3 rings (SSSR count). The molecule has 0 aliphatic rings. The third-order valence-electron chi connectivity index (χ3n) is 4.86. The van der Waals surface area contributed by atoms with Crippen molar-refractivity contribution >= 4 is 35.3 Å². The lowest BCUT2D eigenvalue weighted by Crippen LogP contribution is -2.32. The van der Waals surface area contributed by atoms with Crippen molar-refractivity contribution in [2.75, 3.05) is 11.9 Å². The number of aryl methyl sites for hydroxylation is 2. The number of nitrogens with one attached hydrogen (secondary N) is 2. The van der Waals surface area contributed by atoms with Crippen LogP contribution in [0.4, 0.5) is 5.69 Å². The molecule has 0 saturated carbocycles. The number of carbonyl (C=O) groups excluding carboxylic acids is 2. The van der Waals surface area contributed by atoms with Crippen molar-refractivity contribution < 1.29 is 19.1 Å². The van der Waals surface area contributed by atoms with E-state index in [1.54, 1.807) is 24.3 Å². The van der Waals surface area contributed by atoms with Gasteiger partial charge in [-0.2, -0.15) is 5.10 Å². The summed E-state index contributed by atoms with van der Waals surface area (Å²) in [7, 11) is 0. The average molecular weight is 480 g/mol. The predicted molar refractivity (Wildman–Crippen MR) is 134 cm³/mol. The van der Waals surface area contributed by atoms with Gasteiger partial charge >= 0.3 is 11.8 Å². The Hall–Kier alpha value is -3.84. The lowest BCUT2D eigenvalue weighted by Gasteiger charge is -2.13. The summed E-state index contributed by atoms with van der Waals surface area (Å²) >= 11 is 6.02. The van der Waals surface area contributed by atoms with Gasteiger partial charge in [-0.1, -0.05) is 41.9 Å². The Balaban J connectivity index is 1.61. The molecule has 0 heterocycles. The average Bonchev–Trinajstić information content (AvgIpc) is 2.81. The Morgan fingerprint density at radius 2 is 1.68 bits per heavy atom. The van der Waals surface area contributed by atoms with Crippen molar-refractivity contribution in [1.29, 1.82) is 0 Å². The van der Waals surface area contributed by atoms with Crippen LogP contribution in [0.3, 0.4) is 0 Å². The van der Waals surface area contributed by atoms with E-state index in [1.807, 2.05) is 57.2 Å². The molecule has 0 radical (unpaired) electrons. The number of amides is 2. The standard InChI is InChI=1S/C26H26ClN3O4/c1-4-33-23-14-19(11-12-22(23)34-16-20-9-6-10-21(27)13-20)15-28-30-26(32)25(31)29-24-17(2)7-5-8-18(24)3/h5-15H,4,16H2,1-3H3,(H,29,31)(H,30,32)/b28-15+. The van der Waals surface area contributed by atoms with Crippen LogP contribution in [0, 0.1) is 13.8 Å². The van der Waals surface area contributed by atoms with Crippen LogP contribution in [0.2, 0.25) is 5.02 Å². The predicted octanol–water partition coefficient (Wildman–Crippen LogP) is 5.02. The van der Waals surface area contributed by atoms with Crippen LogP contribution in [0.5, 0.6) is 11.5 Å². The molecule has 176 valence electrons. The molecular formula is C26H26ClN3O4. The van der Waals surface area contributed by atoms with E-state index >= 15 is 0 Å². The zero-order chi connectivity index (χ0) is 24.5. The quantitative estimate of drug-likeness (QED) is 0.269. The minimum absolute atomic E-state index is 0.333. The number of para-hydroxylation sites is 1. The normalized spacial score (nSPS) is 10.7. The summed E-state index contributed by atoms with van der Waals surface area (Å²) in [6, 6.07) is 18.3. The number of hydrogen-bond donors (Lipinski definition) is 2. The maximum Gasteiger partial charge on any atom is 0.329 e. The first-order valence-electron chi connectivity index (χ1n) is 10.7. The molecule has 3 aromatic carbocycles. The second kappa shape index (κ2) is 11.9. The monoisotopic (exact) mass is 479 g/mol. The van der Waals surface area contributed by atoms with Crippen molar-refractivity contribution in [2.45, 2.75) is 27.4 Å². The number of anilines is 1. The Labute approximate surface area is 203 Å². The molecular weight excluding hydrogens is 454 g/mol. The molecule has 0 spiro atoms. The molecule has 8 heteroatoms. The molecule has 0 saturated heterocycles. The van der Waals surface area contributed by atoms with Crippen molar-refractivity contribution in [3.05, 3.63) is 87.9 Å². The van der Waals surface area contributed by atoms with E-state index in [2.05, 4.69) is 15.8 Å². The highest BCUT2D eigenvalue weighted by atomic mass is 35.5. The Morgan fingerprint density at radius 3 is 2.38 bits per heavy atom. The van der Waals surface area contributed by atoms with E-state index in [1.165, 1.54) is 6.21 Å². The lowest BCUT2D eigenvalue weighted by atomic mass is 10.1. The maximum atomic E-state index is 12.2. The van der Waals surface area contributed by atoms with Crippen molar-refractivity contribution in [3.63, 3.8) is 0 Å². The Bertz CT molecular complexity index is 1190. The third-order valence-corrected chi connectivity index (χ3v) is 5.09. The van der Waals surface area contributed by atoms with E-state index in [0.717, 1.165) is 16.7 Å². The molecule has 0 bridgehead atoms. The lowest BCUT2D eigenvalue weighted by molar-refractivity contribution is -0.136. The molecule has 0 atom stereocenters. The van der Waals surface area contributed by atoms with Gasteiger partial charge in [0.25, 0.3) is 0 Å². The molecule has 3 aromatic rings. The molecule has 7 nitrogen and oxygen atoms in total. The highest BCUT2D eigenvalue weighted by Gasteiger charge is 2.15. The summed E-state index contributed by atoms with van der Waals surface area (Å²) in [6.45, 7) is 6.37. The van der Waals surface area contributed by atoms with Gasteiger partial charge in [0.05, 0.1) is 12.8 Å². The van der Waals surface area contributed by atoms with Gasteiger partial charge in [0.1, 0.15) is 6.61 Å². The summed E-state index contributed by atoms with van der Waals surface area (Å²) < 4.78 is 11.6. The fourth-order valence-corrected chi connectivity index (χ4v) is 3.39. The van der Waals surface area contributed by atoms with Gasteiger partial charge in [0, 0.05) is 10.7 Å². The smallest absolute Gasteiger partial charge is 0.329 e. The first-order chi connectivity index (χ1) is 16.4. The minimum atomic E-state index is -0.870. The number of hydrazone groups is 1. The fraction of sp³-hybridized carbons (Fsp3) is 0.192.